The minimum atomic E-state index is -1.68. The summed E-state index contributed by atoms with van der Waals surface area (Å²) in [6.07, 6.45) is 8.84. The van der Waals surface area contributed by atoms with Gasteiger partial charge in [0.15, 0.2) is 11.3 Å². The highest BCUT2D eigenvalue weighted by molar-refractivity contribution is 7.80. The van der Waals surface area contributed by atoms with Crippen molar-refractivity contribution in [1.29, 1.82) is 0 Å². The molecule has 0 bridgehead atoms. The van der Waals surface area contributed by atoms with Crippen molar-refractivity contribution in [3.05, 3.63) is 35.9 Å². The number of thiocarbonyl (C=S) groups is 1. The van der Waals surface area contributed by atoms with E-state index >= 15 is 0 Å². The number of hydrogen-bond donors (Lipinski definition) is 1. The maximum absolute atomic E-state index is 12.6. The van der Waals surface area contributed by atoms with Gasteiger partial charge in [-0.25, -0.2) is 0 Å². The fourth-order valence-corrected chi connectivity index (χ4v) is 5.31. The molecule has 1 N–H and O–H groups in total. The number of nitrogens with zero attached hydrogens (tertiary/aromatic N) is 2. The third kappa shape index (κ3) is 8.23. The Kier molecular flexibility index (Phi) is 11.9. The first-order valence-electron chi connectivity index (χ1n) is 11.8. The molecule has 0 aromatic heterocycles. The van der Waals surface area contributed by atoms with Crippen LogP contribution in [0.3, 0.4) is 0 Å². The van der Waals surface area contributed by atoms with Crippen molar-refractivity contribution >= 4 is 58.0 Å². The normalized spacial score (nSPS) is 19.0. The topological polar surface area (TPSA) is 35.6 Å². The van der Waals surface area contributed by atoms with Gasteiger partial charge in [-0.1, -0.05) is 111 Å². The molecular weight excluding hydrogens is 485 g/mol. The molecule has 0 spiro atoms. The second-order valence-corrected chi connectivity index (χ2v) is 10.9. The number of benzene rings is 1. The van der Waals surface area contributed by atoms with E-state index in [1.54, 1.807) is 0 Å². The maximum atomic E-state index is 12.6. The van der Waals surface area contributed by atoms with Crippen LogP contribution in [0.4, 0.5) is 0 Å². The van der Waals surface area contributed by atoms with Crippen LogP contribution in [0.15, 0.2) is 30.3 Å². The van der Waals surface area contributed by atoms with Crippen LogP contribution in [0.2, 0.25) is 0 Å². The average Bonchev–Trinajstić information content (AvgIpc) is 3.12. The molecule has 1 amide bonds. The summed E-state index contributed by atoms with van der Waals surface area (Å²) in [6, 6.07) is 10.3. The number of amides is 1. The SMILES string of the molecule is CC.O=C(CCc1ccccc1)NC(N1CCN(C2CCCCCCC2)C1=S)C(Cl)(Cl)Cl. The largest absolute Gasteiger partial charge is 0.344 e. The smallest absolute Gasteiger partial charge is 0.228 e. The molecule has 180 valence electrons. The van der Waals surface area contributed by atoms with Gasteiger partial charge in [0.1, 0.15) is 0 Å². The van der Waals surface area contributed by atoms with Crippen LogP contribution in [0.5, 0.6) is 0 Å². The van der Waals surface area contributed by atoms with E-state index in [9.17, 15) is 4.79 Å². The molecule has 8 heteroatoms. The molecule has 1 heterocycles. The first-order valence-corrected chi connectivity index (χ1v) is 13.4. The van der Waals surface area contributed by atoms with Gasteiger partial charge in [-0.3, -0.25) is 4.79 Å². The zero-order valence-electron chi connectivity index (χ0n) is 19.2. The number of aryl methyl sites for hydroxylation is 1. The Morgan fingerprint density at radius 1 is 1.06 bits per heavy atom. The molecule has 2 aliphatic rings. The zero-order valence-corrected chi connectivity index (χ0v) is 22.2. The highest BCUT2D eigenvalue weighted by atomic mass is 35.6. The first-order chi connectivity index (χ1) is 15.4. The predicted molar refractivity (Wildman–Crippen MR) is 140 cm³/mol. The van der Waals surface area contributed by atoms with E-state index in [4.69, 9.17) is 47.0 Å². The van der Waals surface area contributed by atoms with Crippen molar-refractivity contribution in [3.8, 4) is 0 Å². The van der Waals surface area contributed by atoms with Gasteiger partial charge in [0, 0.05) is 25.6 Å². The Hall–Kier alpha value is -0.750. The number of nitrogens with one attached hydrogen (secondary N) is 1. The zero-order chi connectivity index (χ0) is 23.6. The molecule has 0 radical (unpaired) electrons. The van der Waals surface area contributed by atoms with E-state index < -0.39 is 9.96 Å². The molecule has 3 rings (SSSR count). The summed E-state index contributed by atoms with van der Waals surface area (Å²) in [5.74, 6) is -0.151. The average molecular weight is 521 g/mol. The fourth-order valence-electron chi connectivity index (χ4n) is 4.36. The van der Waals surface area contributed by atoms with Crippen molar-refractivity contribution in [2.75, 3.05) is 13.1 Å². The Labute approximate surface area is 213 Å². The summed E-state index contributed by atoms with van der Waals surface area (Å²) >= 11 is 24.6. The quantitative estimate of drug-likeness (QED) is 0.344. The van der Waals surface area contributed by atoms with Crippen molar-refractivity contribution in [2.45, 2.75) is 87.6 Å². The molecule has 1 unspecified atom stereocenters. The van der Waals surface area contributed by atoms with Crippen molar-refractivity contribution < 1.29 is 4.79 Å². The van der Waals surface area contributed by atoms with Gasteiger partial charge in [0.2, 0.25) is 9.70 Å². The molecule has 1 atom stereocenters. The Balaban J connectivity index is 0.00000176. The number of hydrogen-bond acceptors (Lipinski definition) is 2. The lowest BCUT2D eigenvalue weighted by atomic mass is 9.96. The Morgan fingerprint density at radius 2 is 1.66 bits per heavy atom. The second kappa shape index (κ2) is 13.8. The van der Waals surface area contributed by atoms with Crippen LogP contribution in [0, 0.1) is 0 Å². The second-order valence-electron chi connectivity index (χ2n) is 8.17. The van der Waals surface area contributed by atoms with Crippen LogP contribution in [0.25, 0.3) is 0 Å². The third-order valence-corrected chi connectivity index (χ3v) is 7.08. The summed E-state index contributed by atoms with van der Waals surface area (Å²) in [7, 11) is 0. The molecule has 4 nitrogen and oxygen atoms in total. The molecule has 1 aromatic rings. The van der Waals surface area contributed by atoms with Crippen molar-refractivity contribution in [2.24, 2.45) is 0 Å². The minimum Gasteiger partial charge on any atom is -0.344 e. The van der Waals surface area contributed by atoms with Gasteiger partial charge in [0.25, 0.3) is 0 Å². The number of rotatable bonds is 6. The van der Waals surface area contributed by atoms with E-state index in [-0.39, 0.29) is 5.91 Å². The lowest BCUT2D eigenvalue weighted by Crippen LogP contribution is -2.57. The molecule has 1 saturated heterocycles. The number of alkyl halides is 3. The van der Waals surface area contributed by atoms with Gasteiger partial charge in [0.05, 0.1) is 0 Å². The monoisotopic (exact) mass is 519 g/mol. The molecule has 2 fully saturated rings. The molecule has 1 saturated carbocycles. The Morgan fingerprint density at radius 3 is 2.25 bits per heavy atom. The number of halogens is 3. The van der Waals surface area contributed by atoms with Gasteiger partial charge < -0.3 is 15.1 Å². The third-order valence-electron chi connectivity index (χ3n) is 5.99. The molecule has 32 heavy (non-hydrogen) atoms. The lowest BCUT2D eigenvalue weighted by Gasteiger charge is -2.37. The van der Waals surface area contributed by atoms with Gasteiger partial charge in [-0.15, -0.1) is 0 Å². The number of carbonyl (C=O) groups is 1. The lowest BCUT2D eigenvalue weighted by molar-refractivity contribution is -0.122. The van der Waals surface area contributed by atoms with E-state index in [0.717, 1.165) is 24.9 Å². The highest BCUT2D eigenvalue weighted by Gasteiger charge is 2.44. The minimum absolute atomic E-state index is 0.151. The summed E-state index contributed by atoms with van der Waals surface area (Å²) in [4.78, 5) is 16.8. The first kappa shape index (κ1) is 27.5. The predicted octanol–water partition coefficient (Wildman–Crippen LogP) is 6.47. The van der Waals surface area contributed by atoms with Crippen LogP contribution in [0.1, 0.15) is 70.8 Å². The van der Waals surface area contributed by atoms with E-state index in [2.05, 4.69) is 10.2 Å². The fraction of sp³-hybridized carbons (Fsp3) is 0.667. The molecule has 1 aromatic carbocycles. The standard InChI is InChI=1S/C22H30Cl3N3OS.C2H6/c23-22(24,25)20(26-19(29)14-13-17-9-5-4-6-10-17)28-16-15-27(21(28)30)18-11-7-2-1-3-8-12-18;1-2/h4-6,9-10,18,20H,1-3,7-8,11-16H2,(H,26,29);1-2H3. The summed E-state index contributed by atoms with van der Waals surface area (Å²) in [5.41, 5.74) is 1.10. The summed E-state index contributed by atoms with van der Waals surface area (Å²) in [6.45, 7) is 5.45. The summed E-state index contributed by atoms with van der Waals surface area (Å²) < 4.78 is -1.68. The van der Waals surface area contributed by atoms with E-state index in [1.165, 1.54) is 32.1 Å². The number of carbonyl (C=O) groups excluding carboxylic acids is 1. The van der Waals surface area contributed by atoms with Crippen LogP contribution >= 0.6 is 47.0 Å². The summed E-state index contributed by atoms with van der Waals surface area (Å²) in [5, 5.41) is 3.60. The highest BCUT2D eigenvalue weighted by Crippen LogP contribution is 2.35. The maximum Gasteiger partial charge on any atom is 0.228 e. The van der Waals surface area contributed by atoms with E-state index in [1.807, 2.05) is 49.1 Å². The van der Waals surface area contributed by atoms with Gasteiger partial charge >= 0.3 is 0 Å². The van der Waals surface area contributed by atoms with Crippen molar-refractivity contribution in [1.82, 2.24) is 15.1 Å². The molecule has 1 aliphatic heterocycles. The van der Waals surface area contributed by atoms with Crippen LogP contribution in [-0.4, -0.2) is 49.9 Å². The molecular formula is C24H36Cl3N3OS. The Bertz CT molecular complexity index is 706. The van der Waals surface area contributed by atoms with Crippen LogP contribution in [-0.2, 0) is 11.2 Å². The van der Waals surface area contributed by atoms with Gasteiger partial charge in [-0.2, -0.15) is 0 Å². The van der Waals surface area contributed by atoms with Gasteiger partial charge in [-0.05, 0) is 37.0 Å². The van der Waals surface area contributed by atoms with Crippen LogP contribution < -0.4 is 5.32 Å². The van der Waals surface area contributed by atoms with Crippen molar-refractivity contribution in [3.63, 3.8) is 0 Å². The van der Waals surface area contributed by atoms with E-state index in [0.29, 0.717) is 30.5 Å². The molecule has 1 aliphatic carbocycles.